The van der Waals surface area contributed by atoms with Gasteiger partial charge in [-0.1, -0.05) is 197 Å². The quantitative estimate of drug-likeness (QED) is 0.163. The average molecular weight is 920 g/mol. The van der Waals surface area contributed by atoms with Crippen LogP contribution in [0.2, 0.25) is 13.1 Å². The lowest BCUT2D eigenvalue weighted by Crippen LogP contribution is -2.79. The number of anilines is 8. The van der Waals surface area contributed by atoms with Crippen LogP contribution in [0.3, 0.4) is 0 Å². The second kappa shape index (κ2) is 14.6. The van der Waals surface area contributed by atoms with Crippen molar-refractivity contribution < 1.29 is 0 Å². The van der Waals surface area contributed by atoms with Crippen LogP contribution in [0.1, 0.15) is 124 Å². The van der Waals surface area contributed by atoms with Gasteiger partial charge in [-0.15, -0.1) is 0 Å². The SMILES string of the molecule is CC(C)(C)c1ccc(-c2ccccc2N2c3cc(N4c5ccc(C(C)(C)C)cc5C5(C)CCCCC45C)cc4c3B3c5c(cccc5[Si](C)(C)c5cccc2c53)N4c2ccc(C(C)(C)C)cc2)cc1. The van der Waals surface area contributed by atoms with Crippen molar-refractivity contribution in [3.63, 3.8) is 0 Å². The topological polar surface area (TPSA) is 9.72 Å². The summed E-state index contributed by atoms with van der Waals surface area (Å²) in [4.78, 5) is 8.21. The number of rotatable bonds is 4. The molecule has 0 saturated heterocycles. The van der Waals surface area contributed by atoms with Gasteiger partial charge < -0.3 is 14.7 Å². The fourth-order valence-electron chi connectivity index (χ4n) is 13.8. The predicted octanol–water partition coefficient (Wildman–Crippen LogP) is 14.2. The van der Waals surface area contributed by atoms with Gasteiger partial charge in [0, 0.05) is 50.8 Å². The maximum absolute atomic E-state index is 2.83. The first-order valence-electron chi connectivity index (χ1n) is 25.9. The van der Waals surface area contributed by atoms with Gasteiger partial charge >= 0.3 is 0 Å². The number of hydrogen-bond donors (Lipinski definition) is 0. The van der Waals surface area contributed by atoms with E-state index >= 15 is 0 Å². The fraction of sp³-hybridized carbons (Fsp3) is 0.344. The maximum atomic E-state index is 2.83. The van der Waals surface area contributed by atoms with Crippen molar-refractivity contribution in [2.75, 3.05) is 14.7 Å². The Hall–Kier alpha value is -5.78. The summed E-state index contributed by atoms with van der Waals surface area (Å²) in [6.45, 7) is 31.5. The summed E-state index contributed by atoms with van der Waals surface area (Å²) in [7, 11) is -2.20. The molecule has 3 nitrogen and oxygen atoms in total. The lowest BCUT2D eigenvalue weighted by molar-refractivity contribution is 0.195. The van der Waals surface area contributed by atoms with Gasteiger partial charge in [0.1, 0.15) is 8.07 Å². The number of fused-ring (bicyclic) bond motifs is 3. The smallest absolute Gasteiger partial charge is 0.251 e. The van der Waals surface area contributed by atoms with E-state index in [2.05, 4.69) is 243 Å². The minimum Gasteiger partial charge on any atom is -0.334 e. The Morgan fingerprint density at radius 3 is 1.59 bits per heavy atom. The minimum atomic E-state index is -2.20. The van der Waals surface area contributed by atoms with Gasteiger partial charge in [-0.25, -0.2) is 0 Å². The largest absolute Gasteiger partial charge is 0.334 e. The highest BCUT2D eigenvalue weighted by molar-refractivity contribution is 7.16. The Morgan fingerprint density at radius 1 is 0.464 bits per heavy atom. The van der Waals surface area contributed by atoms with Gasteiger partial charge in [0.2, 0.25) is 0 Å². The molecule has 4 aliphatic heterocycles. The number of hydrogen-bond acceptors (Lipinski definition) is 3. The molecular formula is C64H70BN3Si. The summed E-state index contributed by atoms with van der Waals surface area (Å²) in [6, 6.07) is 55.6. The zero-order chi connectivity index (χ0) is 48.4. The first-order valence-corrected chi connectivity index (χ1v) is 28.9. The molecule has 0 N–H and O–H groups in total. The Balaban J connectivity index is 1.20. The standard InChI is InChI=1S/C64H70BN3Si/c1-60(2,3)42-28-26-41(27-29-42)47-20-14-15-21-49(47)67-52-23-19-25-56-59(52)65-57-53(66(45-33-30-43(31-34-45)61(4,5)6)51-22-18-24-55(58(51)65)69(56,12)13)39-46(40-54(57)67)68-50-35-32-44(62(7,8)9)38-48(50)63(10)36-16-17-37-64(63,68)11/h14-15,18-35,38-40H,16-17,36-37H2,1-13H3. The molecule has 0 bridgehead atoms. The van der Waals surface area contributed by atoms with E-state index in [4.69, 9.17) is 0 Å². The van der Waals surface area contributed by atoms with Gasteiger partial charge in [0.15, 0.2) is 0 Å². The lowest BCUT2D eigenvalue weighted by Gasteiger charge is -2.52. The Kier molecular flexibility index (Phi) is 9.43. The number of para-hydroxylation sites is 1. The van der Waals surface area contributed by atoms with Gasteiger partial charge in [-0.05, 0) is 129 Å². The van der Waals surface area contributed by atoms with Crippen LogP contribution in [-0.2, 0) is 21.7 Å². The van der Waals surface area contributed by atoms with Crippen molar-refractivity contribution in [3.05, 3.63) is 162 Å². The average Bonchev–Trinajstić information content (AvgIpc) is 3.52. The molecule has 5 heteroatoms. The zero-order valence-corrected chi connectivity index (χ0v) is 44.5. The Morgan fingerprint density at radius 2 is 0.986 bits per heavy atom. The highest BCUT2D eigenvalue weighted by Crippen LogP contribution is 2.62. The molecule has 0 radical (unpaired) electrons. The van der Waals surface area contributed by atoms with E-state index in [1.165, 1.54) is 115 Å². The van der Waals surface area contributed by atoms with Crippen LogP contribution in [-0.4, -0.2) is 20.3 Å². The third-order valence-electron chi connectivity index (χ3n) is 17.9. The summed E-state index contributed by atoms with van der Waals surface area (Å²) in [5, 5.41) is 3.12. The van der Waals surface area contributed by atoms with Crippen LogP contribution in [0, 0.1) is 0 Å². The van der Waals surface area contributed by atoms with E-state index in [1.54, 1.807) is 10.4 Å². The van der Waals surface area contributed by atoms with Gasteiger partial charge in [-0.3, -0.25) is 0 Å². The van der Waals surface area contributed by atoms with Crippen LogP contribution in [0.15, 0.2) is 140 Å². The Bertz CT molecular complexity index is 3250. The lowest BCUT2D eigenvalue weighted by atomic mass is 9.33. The molecular weight excluding hydrogens is 850 g/mol. The molecule has 0 aromatic heterocycles. The third-order valence-corrected chi connectivity index (χ3v) is 21.5. The molecule has 7 aromatic rings. The molecule has 2 atom stereocenters. The fourth-order valence-corrected chi connectivity index (χ4v) is 17.0. The van der Waals surface area contributed by atoms with Crippen molar-refractivity contribution in [1.82, 2.24) is 0 Å². The maximum Gasteiger partial charge on any atom is 0.251 e. The summed E-state index contributed by atoms with van der Waals surface area (Å²) >= 11 is 0. The molecule has 2 unspecified atom stereocenters. The van der Waals surface area contributed by atoms with E-state index in [1.807, 2.05) is 0 Å². The molecule has 1 saturated carbocycles. The summed E-state index contributed by atoms with van der Waals surface area (Å²) < 4.78 is 0. The van der Waals surface area contributed by atoms with Crippen LogP contribution < -0.4 is 41.5 Å². The monoisotopic (exact) mass is 920 g/mol. The van der Waals surface area contributed by atoms with Crippen LogP contribution in [0.4, 0.5) is 45.5 Å². The molecule has 348 valence electrons. The highest BCUT2D eigenvalue weighted by atomic mass is 28.3. The van der Waals surface area contributed by atoms with Crippen molar-refractivity contribution in [2.45, 2.75) is 142 Å². The molecule has 1 aliphatic carbocycles. The van der Waals surface area contributed by atoms with E-state index in [0.717, 1.165) is 6.42 Å². The van der Waals surface area contributed by atoms with Gasteiger partial charge in [0.25, 0.3) is 6.71 Å². The second-order valence-corrected chi connectivity index (χ2v) is 29.7. The normalized spacial score (nSPS) is 20.7. The molecule has 5 aliphatic rings. The van der Waals surface area contributed by atoms with Gasteiger partial charge in [0.05, 0.1) is 11.2 Å². The van der Waals surface area contributed by atoms with Gasteiger partial charge in [-0.2, -0.15) is 0 Å². The van der Waals surface area contributed by atoms with Crippen molar-refractivity contribution in [3.8, 4) is 11.1 Å². The minimum absolute atomic E-state index is 0.00839. The zero-order valence-electron chi connectivity index (χ0n) is 43.5. The first-order chi connectivity index (χ1) is 32.6. The van der Waals surface area contributed by atoms with E-state index in [-0.39, 0.29) is 33.9 Å². The molecule has 0 spiro atoms. The van der Waals surface area contributed by atoms with Crippen molar-refractivity contribution in [1.29, 1.82) is 0 Å². The van der Waals surface area contributed by atoms with E-state index in [9.17, 15) is 0 Å². The predicted molar refractivity (Wildman–Crippen MR) is 302 cm³/mol. The summed E-state index contributed by atoms with van der Waals surface area (Å²) in [5.41, 5.74) is 22.9. The second-order valence-electron chi connectivity index (χ2n) is 25.4. The third kappa shape index (κ3) is 6.24. The summed E-state index contributed by atoms with van der Waals surface area (Å²) in [6.07, 6.45) is 4.82. The van der Waals surface area contributed by atoms with Crippen molar-refractivity contribution >= 4 is 87.0 Å². The van der Waals surface area contributed by atoms with Crippen LogP contribution in [0.25, 0.3) is 11.1 Å². The molecule has 12 rings (SSSR count). The number of nitrogens with zero attached hydrogens (tertiary/aromatic N) is 3. The molecule has 69 heavy (non-hydrogen) atoms. The van der Waals surface area contributed by atoms with Crippen molar-refractivity contribution in [2.24, 2.45) is 0 Å². The molecule has 1 fully saturated rings. The Labute approximate surface area is 414 Å². The number of benzene rings is 7. The molecule has 4 heterocycles. The summed E-state index contributed by atoms with van der Waals surface area (Å²) in [5.74, 6) is 0. The molecule has 7 aromatic carbocycles. The van der Waals surface area contributed by atoms with Crippen LogP contribution >= 0.6 is 0 Å². The van der Waals surface area contributed by atoms with E-state index in [0.29, 0.717) is 0 Å². The van der Waals surface area contributed by atoms with Crippen LogP contribution in [0.5, 0.6) is 0 Å². The highest BCUT2D eigenvalue weighted by Gasteiger charge is 2.59. The first kappa shape index (κ1) is 44.4. The molecule has 0 amide bonds. The van der Waals surface area contributed by atoms with E-state index < -0.39 is 8.07 Å².